The monoisotopic (exact) mass is 406 g/mol. The molecule has 0 atom stereocenters. The molecule has 6 nitrogen and oxygen atoms in total. The Morgan fingerprint density at radius 1 is 1.13 bits per heavy atom. The smallest absolute Gasteiger partial charge is 0.335 e. The molecule has 1 aromatic heterocycles. The highest BCUT2D eigenvalue weighted by Gasteiger charge is 2.19. The third kappa shape index (κ3) is 4.32. The molecule has 1 aliphatic carbocycles. The lowest BCUT2D eigenvalue weighted by atomic mass is 10.0. The van der Waals surface area contributed by atoms with E-state index in [4.69, 9.17) is 4.74 Å². The number of amides is 1. The van der Waals surface area contributed by atoms with Gasteiger partial charge in [0.1, 0.15) is 5.75 Å². The molecule has 0 bridgehead atoms. The number of carbonyl (C=O) groups is 2. The second kappa shape index (κ2) is 8.61. The number of rotatable bonds is 7. The molecule has 3 N–H and O–H groups in total. The highest BCUT2D eigenvalue weighted by atomic mass is 16.5. The SMILES string of the molecule is COc1cc(C(=O)O)ccc1Cc1c[nH]c2ccc(NC(=O)CC3CCCC3)cc12. The first-order valence-electron chi connectivity index (χ1n) is 10.3. The van der Waals surface area contributed by atoms with Crippen LogP contribution in [0.2, 0.25) is 0 Å². The zero-order valence-corrected chi connectivity index (χ0v) is 17.0. The molecule has 156 valence electrons. The predicted octanol–water partition coefficient (Wildman–Crippen LogP) is 4.98. The summed E-state index contributed by atoms with van der Waals surface area (Å²) in [6, 6.07) is 10.8. The number of carboxylic acid groups (broad SMARTS) is 1. The Morgan fingerprint density at radius 3 is 2.67 bits per heavy atom. The largest absolute Gasteiger partial charge is 0.496 e. The van der Waals surface area contributed by atoms with Crippen LogP contribution < -0.4 is 10.1 Å². The Hall–Kier alpha value is -3.28. The molecular formula is C24H26N2O4. The highest BCUT2D eigenvalue weighted by molar-refractivity contribution is 5.95. The fraction of sp³-hybridized carbons (Fsp3) is 0.333. The third-order valence-electron chi connectivity index (χ3n) is 5.91. The minimum atomic E-state index is -0.982. The van der Waals surface area contributed by atoms with Gasteiger partial charge in [-0.05, 0) is 60.2 Å². The molecule has 1 saturated carbocycles. The first-order valence-corrected chi connectivity index (χ1v) is 10.3. The van der Waals surface area contributed by atoms with Gasteiger partial charge in [-0.25, -0.2) is 4.79 Å². The summed E-state index contributed by atoms with van der Waals surface area (Å²) in [6.45, 7) is 0. The van der Waals surface area contributed by atoms with E-state index in [1.165, 1.54) is 20.0 Å². The quantitative estimate of drug-likeness (QED) is 0.516. The summed E-state index contributed by atoms with van der Waals surface area (Å²) >= 11 is 0. The second-order valence-corrected chi connectivity index (χ2v) is 7.99. The van der Waals surface area contributed by atoms with Gasteiger partial charge >= 0.3 is 5.97 Å². The highest BCUT2D eigenvalue weighted by Crippen LogP contribution is 2.30. The predicted molar refractivity (Wildman–Crippen MR) is 116 cm³/mol. The van der Waals surface area contributed by atoms with Crippen molar-refractivity contribution in [3.63, 3.8) is 0 Å². The number of carboxylic acids is 1. The van der Waals surface area contributed by atoms with Crippen molar-refractivity contribution in [3.05, 3.63) is 59.3 Å². The Balaban J connectivity index is 1.54. The van der Waals surface area contributed by atoms with Gasteiger partial charge in [0.15, 0.2) is 0 Å². The van der Waals surface area contributed by atoms with E-state index >= 15 is 0 Å². The van der Waals surface area contributed by atoms with Gasteiger partial charge in [0.05, 0.1) is 12.7 Å². The molecule has 0 spiro atoms. The molecular weight excluding hydrogens is 380 g/mol. The normalized spacial score (nSPS) is 14.2. The van der Waals surface area contributed by atoms with Crippen molar-refractivity contribution in [2.75, 3.05) is 12.4 Å². The number of carbonyl (C=O) groups excluding carboxylic acids is 1. The standard InChI is InChI=1S/C24H26N2O4/c1-30-22-12-17(24(28)29)7-6-16(22)11-18-14-25-21-9-8-19(13-20(18)21)26-23(27)10-15-4-2-3-5-15/h6-9,12-15,25H,2-5,10-11H2,1H3,(H,26,27)(H,28,29). The average molecular weight is 406 g/mol. The molecule has 1 amide bonds. The zero-order valence-electron chi connectivity index (χ0n) is 17.0. The lowest BCUT2D eigenvalue weighted by Gasteiger charge is -2.11. The van der Waals surface area contributed by atoms with Crippen LogP contribution in [0.1, 0.15) is 53.6 Å². The van der Waals surface area contributed by atoms with Gasteiger partial charge in [-0.15, -0.1) is 0 Å². The lowest BCUT2D eigenvalue weighted by Crippen LogP contribution is -2.15. The number of benzene rings is 2. The number of fused-ring (bicyclic) bond motifs is 1. The van der Waals surface area contributed by atoms with E-state index < -0.39 is 5.97 Å². The fourth-order valence-electron chi connectivity index (χ4n) is 4.32. The Kier molecular flexibility index (Phi) is 5.74. The summed E-state index contributed by atoms with van der Waals surface area (Å²) in [5, 5.41) is 13.3. The average Bonchev–Trinajstić information content (AvgIpc) is 3.38. The number of H-pyrrole nitrogens is 1. The van der Waals surface area contributed by atoms with E-state index in [0.29, 0.717) is 24.5 Å². The van der Waals surface area contributed by atoms with Crippen molar-refractivity contribution in [2.45, 2.75) is 38.5 Å². The van der Waals surface area contributed by atoms with Crippen LogP contribution in [0, 0.1) is 5.92 Å². The van der Waals surface area contributed by atoms with Crippen molar-refractivity contribution >= 4 is 28.5 Å². The van der Waals surface area contributed by atoms with Gasteiger partial charge in [-0.1, -0.05) is 18.9 Å². The van der Waals surface area contributed by atoms with Crippen LogP contribution in [-0.4, -0.2) is 29.1 Å². The number of aromatic carboxylic acids is 1. The van der Waals surface area contributed by atoms with Crippen LogP contribution in [-0.2, 0) is 11.2 Å². The number of aromatic amines is 1. The number of hydrogen-bond acceptors (Lipinski definition) is 3. The van der Waals surface area contributed by atoms with E-state index in [1.54, 1.807) is 18.2 Å². The molecule has 6 heteroatoms. The number of hydrogen-bond donors (Lipinski definition) is 3. The fourth-order valence-corrected chi connectivity index (χ4v) is 4.32. The molecule has 0 saturated heterocycles. The minimum Gasteiger partial charge on any atom is -0.496 e. The number of anilines is 1. The van der Waals surface area contributed by atoms with Gasteiger partial charge in [0.25, 0.3) is 0 Å². The lowest BCUT2D eigenvalue weighted by molar-refractivity contribution is -0.117. The van der Waals surface area contributed by atoms with Gasteiger partial charge in [0, 0.05) is 35.6 Å². The first kappa shape index (κ1) is 20.0. The van der Waals surface area contributed by atoms with Gasteiger partial charge in [-0.3, -0.25) is 4.79 Å². The third-order valence-corrected chi connectivity index (χ3v) is 5.91. The topological polar surface area (TPSA) is 91.4 Å². The van der Waals surface area contributed by atoms with Crippen LogP contribution >= 0.6 is 0 Å². The summed E-state index contributed by atoms with van der Waals surface area (Å²) in [5.74, 6) is 0.150. The number of nitrogens with one attached hydrogen (secondary N) is 2. The molecule has 0 unspecified atom stereocenters. The van der Waals surface area contributed by atoms with E-state index in [9.17, 15) is 14.7 Å². The molecule has 30 heavy (non-hydrogen) atoms. The summed E-state index contributed by atoms with van der Waals surface area (Å²) in [5.41, 5.74) is 3.93. The van der Waals surface area contributed by atoms with Crippen molar-refractivity contribution in [1.29, 1.82) is 0 Å². The first-order chi connectivity index (χ1) is 14.5. The van der Waals surface area contributed by atoms with Crippen molar-refractivity contribution in [1.82, 2.24) is 4.98 Å². The molecule has 0 radical (unpaired) electrons. The van der Waals surface area contributed by atoms with Crippen LogP contribution in [0.15, 0.2) is 42.6 Å². The van der Waals surface area contributed by atoms with Crippen molar-refractivity contribution in [2.24, 2.45) is 5.92 Å². The van der Waals surface area contributed by atoms with E-state index in [-0.39, 0.29) is 11.5 Å². The number of methoxy groups -OCH3 is 1. The Bertz CT molecular complexity index is 1080. The maximum absolute atomic E-state index is 12.4. The molecule has 2 aromatic carbocycles. The summed E-state index contributed by atoms with van der Waals surface area (Å²) in [6.07, 6.45) is 7.88. The maximum atomic E-state index is 12.4. The second-order valence-electron chi connectivity index (χ2n) is 7.99. The number of aromatic nitrogens is 1. The van der Waals surface area contributed by atoms with Crippen molar-refractivity contribution in [3.8, 4) is 5.75 Å². The molecule has 3 aromatic rings. The van der Waals surface area contributed by atoms with Gasteiger partial charge in [0.2, 0.25) is 5.91 Å². The zero-order chi connectivity index (χ0) is 21.1. The maximum Gasteiger partial charge on any atom is 0.335 e. The number of ether oxygens (including phenoxy) is 1. The molecule has 0 aliphatic heterocycles. The van der Waals surface area contributed by atoms with Crippen LogP contribution in [0.25, 0.3) is 10.9 Å². The molecule has 1 heterocycles. The van der Waals surface area contributed by atoms with Crippen molar-refractivity contribution < 1.29 is 19.4 Å². The Labute approximate surface area is 175 Å². The van der Waals surface area contributed by atoms with Crippen LogP contribution in [0.5, 0.6) is 5.75 Å². The summed E-state index contributed by atoms with van der Waals surface area (Å²) < 4.78 is 5.41. The molecule has 1 fully saturated rings. The minimum absolute atomic E-state index is 0.0734. The van der Waals surface area contributed by atoms with E-state index in [1.807, 2.05) is 24.4 Å². The summed E-state index contributed by atoms with van der Waals surface area (Å²) in [4.78, 5) is 26.9. The van der Waals surface area contributed by atoms with E-state index in [0.717, 1.165) is 40.6 Å². The van der Waals surface area contributed by atoms with Gasteiger partial charge in [-0.2, -0.15) is 0 Å². The molecule has 1 aliphatic rings. The van der Waals surface area contributed by atoms with Gasteiger partial charge < -0.3 is 20.1 Å². The Morgan fingerprint density at radius 2 is 1.93 bits per heavy atom. The van der Waals surface area contributed by atoms with Crippen LogP contribution in [0.4, 0.5) is 5.69 Å². The van der Waals surface area contributed by atoms with Crippen LogP contribution in [0.3, 0.4) is 0 Å². The summed E-state index contributed by atoms with van der Waals surface area (Å²) in [7, 11) is 1.54. The molecule has 4 rings (SSSR count). The van der Waals surface area contributed by atoms with E-state index in [2.05, 4.69) is 10.3 Å².